The number of hydrogen-bond acceptors (Lipinski definition) is 3. The number of aryl methyl sites for hydroxylation is 1. The minimum Gasteiger partial charge on any atom is -0.323 e. The fraction of sp³-hybridized carbons (Fsp3) is 0.353. The molecule has 3 rings (SSSR count). The van der Waals surface area contributed by atoms with Crippen LogP contribution in [0, 0.1) is 0 Å². The van der Waals surface area contributed by atoms with Crippen molar-refractivity contribution in [1.29, 1.82) is 0 Å². The largest absolute Gasteiger partial charge is 0.416 e. The number of aromatic nitrogens is 2. The van der Waals surface area contributed by atoms with E-state index in [4.69, 9.17) is 0 Å². The van der Waals surface area contributed by atoms with Gasteiger partial charge in [-0.05, 0) is 56.7 Å². The zero-order valence-corrected chi connectivity index (χ0v) is 14.3. The van der Waals surface area contributed by atoms with Crippen LogP contribution in [0.2, 0.25) is 0 Å². The molecule has 7 heteroatoms. The van der Waals surface area contributed by atoms with Crippen LogP contribution in [0.15, 0.2) is 35.7 Å². The highest BCUT2D eigenvalue weighted by Gasteiger charge is 2.31. The van der Waals surface area contributed by atoms with Crippen molar-refractivity contribution in [1.82, 2.24) is 14.5 Å². The molecule has 0 radical (unpaired) electrons. The Morgan fingerprint density at radius 2 is 2.00 bits per heavy atom. The van der Waals surface area contributed by atoms with Crippen LogP contribution >= 0.6 is 11.3 Å². The number of thiophene rings is 1. The first-order chi connectivity index (χ1) is 11.4. The highest BCUT2D eigenvalue weighted by atomic mass is 32.1. The number of imidazole rings is 1. The average Bonchev–Trinajstić information content (AvgIpc) is 3.13. The summed E-state index contributed by atoms with van der Waals surface area (Å²) in [6.45, 7) is 1.62. The van der Waals surface area contributed by atoms with Gasteiger partial charge in [-0.2, -0.15) is 13.2 Å². The van der Waals surface area contributed by atoms with Gasteiger partial charge in [0.2, 0.25) is 0 Å². The highest BCUT2D eigenvalue weighted by molar-refractivity contribution is 7.13. The number of alkyl halides is 3. The SMILES string of the molecule is CN(C)CCCn1c(-c2cccs2)nc2cc(C(F)(F)F)ccc21. The first-order valence-corrected chi connectivity index (χ1v) is 8.50. The van der Waals surface area contributed by atoms with E-state index in [0.717, 1.165) is 41.3 Å². The van der Waals surface area contributed by atoms with E-state index in [9.17, 15) is 13.2 Å². The third kappa shape index (κ3) is 3.47. The lowest BCUT2D eigenvalue weighted by molar-refractivity contribution is -0.137. The smallest absolute Gasteiger partial charge is 0.323 e. The Morgan fingerprint density at radius 3 is 2.62 bits per heavy atom. The van der Waals surface area contributed by atoms with E-state index in [-0.39, 0.29) is 0 Å². The van der Waals surface area contributed by atoms with Crippen molar-refractivity contribution in [2.24, 2.45) is 0 Å². The van der Waals surface area contributed by atoms with Gasteiger partial charge in [0, 0.05) is 6.54 Å². The Bertz CT molecular complexity index is 820. The van der Waals surface area contributed by atoms with Gasteiger partial charge in [0.25, 0.3) is 0 Å². The molecule has 0 unspecified atom stereocenters. The molecule has 3 nitrogen and oxygen atoms in total. The quantitative estimate of drug-likeness (QED) is 0.661. The second kappa shape index (κ2) is 6.57. The molecule has 0 fully saturated rings. The zero-order valence-electron chi connectivity index (χ0n) is 13.5. The number of hydrogen-bond donors (Lipinski definition) is 0. The van der Waals surface area contributed by atoms with E-state index < -0.39 is 11.7 Å². The number of nitrogens with zero attached hydrogens (tertiary/aromatic N) is 3. The van der Waals surface area contributed by atoms with Gasteiger partial charge in [-0.15, -0.1) is 11.3 Å². The van der Waals surface area contributed by atoms with E-state index in [1.54, 1.807) is 0 Å². The van der Waals surface area contributed by atoms with Crippen LogP contribution in [-0.4, -0.2) is 35.1 Å². The molecular weight excluding hydrogens is 335 g/mol. The summed E-state index contributed by atoms with van der Waals surface area (Å²) in [6, 6.07) is 7.65. The average molecular weight is 353 g/mol. The fourth-order valence-corrected chi connectivity index (χ4v) is 3.39. The van der Waals surface area contributed by atoms with Crippen molar-refractivity contribution >= 4 is 22.4 Å². The molecular formula is C17H18F3N3S. The van der Waals surface area contributed by atoms with Crippen molar-refractivity contribution < 1.29 is 13.2 Å². The molecule has 0 spiro atoms. The summed E-state index contributed by atoms with van der Waals surface area (Å²) in [5.74, 6) is 0.734. The molecule has 0 saturated carbocycles. The standard InChI is InChI=1S/C17H18F3N3S/c1-22(2)8-4-9-23-14-7-6-12(17(18,19)20)11-13(14)21-16(23)15-5-3-10-24-15/h3,5-7,10-11H,4,8-9H2,1-2H3. The summed E-state index contributed by atoms with van der Waals surface area (Å²) in [4.78, 5) is 7.54. The van der Waals surface area contributed by atoms with Gasteiger partial charge < -0.3 is 9.47 Å². The lowest BCUT2D eigenvalue weighted by Gasteiger charge is -2.12. The van der Waals surface area contributed by atoms with E-state index in [1.807, 2.05) is 36.2 Å². The van der Waals surface area contributed by atoms with Crippen LogP contribution < -0.4 is 0 Å². The molecule has 0 aliphatic heterocycles. The van der Waals surface area contributed by atoms with Gasteiger partial charge in [0.05, 0.1) is 21.5 Å². The minimum absolute atomic E-state index is 0.387. The molecule has 0 N–H and O–H groups in total. The number of rotatable bonds is 5. The molecule has 2 heterocycles. The fourth-order valence-electron chi connectivity index (χ4n) is 2.67. The van der Waals surface area contributed by atoms with Gasteiger partial charge >= 0.3 is 6.18 Å². The Labute approximate surface area is 142 Å². The predicted molar refractivity (Wildman–Crippen MR) is 91.2 cm³/mol. The molecule has 128 valence electrons. The van der Waals surface area contributed by atoms with Gasteiger partial charge in [-0.3, -0.25) is 0 Å². The maximum atomic E-state index is 12.9. The van der Waals surface area contributed by atoms with Gasteiger partial charge in [0.1, 0.15) is 0 Å². The lowest BCUT2D eigenvalue weighted by Crippen LogP contribution is -2.15. The topological polar surface area (TPSA) is 21.1 Å². The molecule has 2 aromatic heterocycles. The van der Waals surface area contributed by atoms with Crippen molar-refractivity contribution in [2.75, 3.05) is 20.6 Å². The second-order valence-corrected chi connectivity index (χ2v) is 6.87. The summed E-state index contributed by atoms with van der Waals surface area (Å²) >= 11 is 1.54. The van der Waals surface area contributed by atoms with E-state index in [1.165, 1.54) is 17.4 Å². The van der Waals surface area contributed by atoms with E-state index in [2.05, 4.69) is 9.88 Å². The zero-order chi connectivity index (χ0) is 17.3. The Kier molecular flexibility index (Phi) is 4.64. The Balaban J connectivity index is 2.06. The molecule has 0 amide bonds. The maximum Gasteiger partial charge on any atom is 0.416 e. The molecule has 3 aromatic rings. The molecule has 1 aromatic carbocycles. The van der Waals surface area contributed by atoms with Crippen molar-refractivity contribution in [3.05, 3.63) is 41.3 Å². The molecule has 0 atom stereocenters. The maximum absolute atomic E-state index is 12.9. The van der Waals surface area contributed by atoms with Crippen molar-refractivity contribution in [3.63, 3.8) is 0 Å². The second-order valence-electron chi connectivity index (χ2n) is 5.92. The summed E-state index contributed by atoms with van der Waals surface area (Å²) in [7, 11) is 4.00. The number of halogens is 3. The minimum atomic E-state index is -4.36. The van der Waals surface area contributed by atoms with Gasteiger partial charge in [-0.1, -0.05) is 6.07 Å². The van der Waals surface area contributed by atoms with Crippen LogP contribution in [0.3, 0.4) is 0 Å². The van der Waals surface area contributed by atoms with Crippen LogP contribution in [0.4, 0.5) is 13.2 Å². The summed E-state index contributed by atoms with van der Waals surface area (Å²) in [5, 5.41) is 1.94. The Hall–Kier alpha value is -1.86. The number of benzene rings is 1. The van der Waals surface area contributed by atoms with Crippen LogP contribution in [0.1, 0.15) is 12.0 Å². The Morgan fingerprint density at radius 1 is 1.21 bits per heavy atom. The van der Waals surface area contributed by atoms with Gasteiger partial charge in [0.15, 0.2) is 5.82 Å². The van der Waals surface area contributed by atoms with Crippen LogP contribution in [0.5, 0.6) is 0 Å². The van der Waals surface area contributed by atoms with Crippen molar-refractivity contribution in [3.8, 4) is 10.7 Å². The van der Waals surface area contributed by atoms with Gasteiger partial charge in [-0.25, -0.2) is 4.98 Å². The molecule has 24 heavy (non-hydrogen) atoms. The molecule has 0 aliphatic rings. The highest BCUT2D eigenvalue weighted by Crippen LogP contribution is 2.34. The third-order valence-electron chi connectivity index (χ3n) is 3.80. The summed E-state index contributed by atoms with van der Waals surface area (Å²) in [5.41, 5.74) is 0.467. The molecule has 0 aliphatic carbocycles. The summed E-state index contributed by atoms with van der Waals surface area (Å²) < 4.78 is 40.9. The first-order valence-electron chi connectivity index (χ1n) is 7.62. The van der Waals surface area contributed by atoms with Crippen molar-refractivity contribution in [2.45, 2.75) is 19.1 Å². The van der Waals surface area contributed by atoms with E-state index in [0.29, 0.717) is 12.1 Å². The normalized spacial score (nSPS) is 12.4. The number of fused-ring (bicyclic) bond motifs is 1. The predicted octanol–water partition coefficient (Wildman–Crippen LogP) is 4.74. The van der Waals surface area contributed by atoms with Crippen LogP contribution in [-0.2, 0) is 12.7 Å². The van der Waals surface area contributed by atoms with E-state index >= 15 is 0 Å². The lowest BCUT2D eigenvalue weighted by atomic mass is 10.2. The molecule has 0 bridgehead atoms. The molecule has 0 saturated heterocycles. The van der Waals surface area contributed by atoms with Crippen LogP contribution in [0.25, 0.3) is 21.7 Å². The monoisotopic (exact) mass is 353 g/mol. The first kappa shape index (κ1) is 17.0. The third-order valence-corrected chi connectivity index (χ3v) is 4.67. The summed E-state index contributed by atoms with van der Waals surface area (Å²) in [6.07, 6.45) is -3.45.